The molecule has 0 aliphatic carbocycles. The third-order valence-corrected chi connectivity index (χ3v) is 4.62. The Kier molecular flexibility index (Phi) is 7.50. The van der Waals surface area contributed by atoms with Crippen molar-refractivity contribution in [3.8, 4) is 0 Å². The fraction of sp³-hybridized carbons (Fsp3) is 0.208. The Morgan fingerprint density at radius 1 is 1.00 bits per heavy atom. The minimum absolute atomic E-state index is 0.0309. The summed E-state index contributed by atoms with van der Waals surface area (Å²) in [4.78, 5) is 14.0. The molecule has 0 atom stereocenters. The van der Waals surface area contributed by atoms with Gasteiger partial charge in [-0.05, 0) is 40.1 Å². The van der Waals surface area contributed by atoms with Crippen molar-refractivity contribution in [3.63, 3.8) is 0 Å². The van der Waals surface area contributed by atoms with Crippen LogP contribution in [0, 0.1) is 5.82 Å². The quantitative estimate of drug-likeness (QED) is 0.441. The highest BCUT2D eigenvalue weighted by Crippen LogP contribution is 2.19. The molecular formula is C24H24FNO3. The van der Waals surface area contributed by atoms with Gasteiger partial charge < -0.3 is 9.84 Å². The van der Waals surface area contributed by atoms with Gasteiger partial charge in [0.25, 0.3) is 0 Å². The van der Waals surface area contributed by atoms with Gasteiger partial charge in [0.05, 0.1) is 6.61 Å². The van der Waals surface area contributed by atoms with Gasteiger partial charge in [0, 0.05) is 25.7 Å². The second-order valence-electron chi connectivity index (χ2n) is 6.69. The highest BCUT2D eigenvalue weighted by atomic mass is 19.1. The number of benzene rings is 3. The van der Waals surface area contributed by atoms with E-state index in [1.165, 1.54) is 34.5 Å². The van der Waals surface area contributed by atoms with Crippen LogP contribution in [0.5, 0.6) is 0 Å². The molecule has 29 heavy (non-hydrogen) atoms. The summed E-state index contributed by atoms with van der Waals surface area (Å²) in [5.74, 6) is -0.775. The predicted octanol–water partition coefficient (Wildman–Crippen LogP) is 4.03. The van der Waals surface area contributed by atoms with E-state index in [9.17, 15) is 14.3 Å². The van der Waals surface area contributed by atoms with Gasteiger partial charge in [0.15, 0.2) is 0 Å². The van der Waals surface area contributed by atoms with Crippen LogP contribution in [0.4, 0.5) is 4.39 Å². The van der Waals surface area contributed by atoms with E-state index in [2.05, 4.69) is 29.2 Å². The van der Waals surface area contributed by atoms with Gasteiger partial charge in [-0.15, -0.1) is 0 Å². The highest BCUT2D eigenvalue weighted by Gasteiger charge is 2.09. The average molecular weight is 393 g/mol. The smallest absolute Gasteiger partial charge is 0.330 e. The molecule has 150 valence electrons. The molecular weight excluding hydrogens is 369 g/mol. The normalized spacial score (nSPS) is 11.4. The molecule has 5 heteroatoms. The van der Waals surface area contributed by atoms with Gasteiger partial charge in [-0.2, -0.15) is 0 Å². The van der Waals surface area contributed by atoms with Crippen molar-refractivity contribution >= 4 is 22.8 Å². The van der Waals surface area contributed by atoms with Crippen molar-refractivity contribution in [3.05, 3.63) is 89.8 Å². The van der Waals surface area contributed by atoms with Crippen molar-refractivity contribution < 1.29 is 19.0 Å². The number of ether oxygens (including phenoxy) is 1. The van der Waals surface area contributed by atoms with Crippen LogP contribution in [0.3, 0.4) is 0 Å². The van der Waals surface area contributed by atoms with Crippen LogP contribution in [0.15, 0.2) is 72.8 Å². The Labute approximate surface area is 169 Å². The molecule has 3 aromatic carbocycles. The predicted molar refractivity (Wildman–Crippen MR) is 113 cm³/mol. The van der Waals surface area contributed by atoms with E-state index < -0.39 is 5.97 Å². The summed E-state index contributed by atoms with van der Waals surface area (Å²) in [5.41, 5.74) is 1.89. The third-order valence-electron chi connectivity index (χ3n) is 4.62. The van der Waals surface area contributed by atoms with E-state index >= 15 is 0 Å². The summed E-state index contributed by atoms with van der Waals surface area (Å²) < 4.78 is 18.2. The lowest BCUT2D eigenvalue weighted by Crippen LogP contribution is -2.30. The lowest BCUT2D eigenvalue weighted by atomic mass is 10.0. The molecule has 0 unspecified atom stereocenters. The fourth-order valence-electron chi connectivity index (χ4n) is 3.14. The van der Waals surface area contributed by atoms with Gasteiger partial charge in [-0.25, -0.2) is 9.18 Å². The minimum Gasteiger partial charge on any atom is -0.461 e. The number of fused-ring (bicyclic) bond motifs is 1. The standard InChI is InChI=1S/C24H24FNO3/c25-22-11-8-19(9-12-22)10-13-24(28)29-17-15-26(14-16-27)18-21-6-3-5-20-4-1-2-7-23(20)21/h1-13,27H,14-18H2/b13-10+. The van der Waals surface area contributed by atoms with E-state index in [1.807, 2.05) is 18.2 Å². The van der Waals surface area contributed by atoms with Gasteiger partial charge in [-0.1, -0.05) is 54.6 Å². The Morgan fingerprint density at radius 2 is 1.76 bits per heavy atom. The molecule has 0 saturated heterocycles. The topological polar surface area (TPSA) is 49.8 Å². The van der Waals surface area contributed by atoms with Crippen LogP contribution >= 0.6 is 0 Å². The van der Waals surface area contributed by atoms with Crippen LogP contribution in [-0.2, 0) is 16.1 Å². The van der Waals surface area contributed by atoms with E-state index in [0.29, 0.717) is 19.6 Å². The fourth-order valence-corrected chi connectivity index (χ4v) is 3.14. The van der Waals surface area contributed by atoms with E-state index in [-0.39, 0.29) is 19.0 Å². The maximum absolute atomic E-state index is 12.9. The Hall–Kier alpha value is -3.02. The SMILES string of the molecule is O=C(/C=C/c1ccc(F)cc1)OCCN(CCO)Cc1cccc2ccccc12. The molecule has 0 aliphatic heterocycles. The number of carbonyl (C=O) groups is 1. The lowest BCUT2D eigenvalue weighted by Gasteiger charge is -2.22. The maximum atomic E-state index is 12.9. The summed E-state index contributed by atoms with van der Waals surface area (Å²) in [6.07, 6.45) is 2.91. The number of esters is 1. The first-order valence-electron chi connectivity index (χ1n) is 9.56. The number of halogens is 1. The molecule has 0 aliphatic rings. The second-order valence-corrected chi connectivity index (χ2v) is 6.69. The lowest BCUT2D eigenvalue weighted by molar-refractivity contribution is -0.138. The van der Waals surface area contributed by atoms with Crippen molar-refractivity contribution in [2.45, 2.75) is 6.54 Å². The minimum atomic E-state index is -0.455. The number of rotatable bonds is 9. The molecule has 0 bridgehead atoms. The molecule has 0 radical (unpaired) electrons. The summed E-state index contributed by atoms with van der Waals surface area (Å²) in [5, 5.41) is 11.7. The monoisotopic (exact) mass is 393 g/mol. The van der Waals surface area contributed by atoms with Crippen molar-refractivity contribution in [1.29, 1.82) is 0 Å². The second kappa shape index (κ2) is 10.5. The van der Waals surface area contributed by atoms with Crippen LogP contribution < -0.4 is 0 Å². The number of hydrogen-bond donors (Lipinski definition) is 1. The summed E-state index contributed by atoms with van der Waals surface area (Å²) in [6, 6.07) is 20.2. The Morgan fingerprint density at radius 3 is 2.55 bits per heavy atom. The van der Waals surface area contributed by atoms with Crippen molar-refractivity contribution in [1.82, 2.24) is 4.90 Å². The van der Waals surface area contributed by atoms with Gasteiger partial charge in [-0.3, -0.25) is 4.90 Å². The number of hydrogen-bond acceptors (Lipinski definition) is 4. The van der Waals surface area contributed by atoms with E-state index in [1.54, 1.807) is 18.2 Å². The summed E-state index contributed by atoms with van der Waals surface area (Å²) in [7, 11) is 0. The average Bonchev–Trinajstić information content (AvgIpc) is 2.74. The Balaban J connectivity index is 1.54. The van der Waals surface area contributed by atoms with Crippen LogP contribution in [0.25, 0.3) is 16.8 Å². The molecule has 1 N–H and O–H groups in total. The molecule has 4 nitrogen and oxygen atoms in total. The van der Waals surface area contributed by atoms with Crippen LogP contribution in [-0.4, -0.2) is 42.3 Å². The first-order valence-corrected chi connectivity index (χ1v) is 9.56. The van der Waals surface area contributed by atoms with Gasteiger partial charge in [0.2, 0.25) is 0 Å². The number of aliphatic hydroxyl groups excluding tert-OH is 1. The van der Waals surface area contributed by atoms with Crippen molar-refractivity contribution in [2.75, 3.05) is 26.3 Å². The zero-order chi connectivity index (χ0) is 20.5. The molecule has 0 amide bonds. The van der Waals surface area contributed by atoms with E-state index in [4.69, 9.17) is 4.74 Å². The van der Waals surface area contributed by atoms with Crippen LogP contribution in [0.2, 0.25) is 0 Å². The highest BCUT2D eigenvalue weighted by molar-refractivity contribution is 5.87. The molecule has 0 spiro atoms. The first-order chi connectivity index (χ1) is 14.2. The van der Waals surface area contributed by atoms with Crippen LogP contribution in [0.1, 0.15) is 11.1 Å². The van der Waals surface area contributed by atoms with Gasteiger partial charge >= 0.3 is 5.97 Å². The molecule has 3 aromatic rings. The number of aliphatic hydroxyl groups is 1. The largest absolute Gasteiger partial charge is 0.461 e. The molecule has 0 saturated carbocycles. The number of carbonyl (C=O) groups excluding carboxylic acids is 1. The molecule has 0 fully saturated rings. The van der Waals surface area contributed by atoms with E-state index in [0.717, 1.165) is 5.56 Å². The molecule has 0 aromatic heterocycles. The zero-order valence-electron chi connectivity index (χ0n) is 16.1. The maximum Gasteiger partial charge on any atom is 0.330 e. The molecule has 3 rings (SSSR count). The zero-order valence-corrected chi connectivity index (χ0v) is 16.1. The molecule has 0 heterocycles. The first kappa shape index (κ1) is 20.7. The van der Waals surface area contributed by atoms with Gasteiger partial charge in [0.1, 0.15) is 12.4 Å². The summed E-state index contributed by atoms with van der Waals surface area (Å²) in [6.45, 7) is 1.91. The third kappa shape index (κ3) is 6.24. The van der Waals surface area contributed by atoms with Crippen molar-refractivity contribution in [2.24, 2.45) is 0 Å². The summed E-state index contributed by atoms with van der Waals surface area (Å²) >= 11 is 0. The Bertz CT molecular complexity index is 964. The number of nitrogens with zero attached hydrogens (tertiary/aromatic N) is 1.